The van der Waals surface area contributed by atoms with Crippen LogP contribution in [0, 0.1) is 12.3 Å². The number of hydrogen-bond donors (Lipinski definition) is 3. The fourth-order valence-electron chi connectivity index (χ4n) is 4.18. The maximum absolute atomic E-state index is 13.0. The highest BCUT2D eigenvalue weighted by Crippen LogP contribution is 2.39. The van der Waals surface area contributed by atoms with Crippen molar-refractivity contribution in [3.63, 3.8) is 0 Å². The summed E-state index contributed by atoms with van der Waals surface area (Å²) < 4.78 is 44.5. The van der Waals surface area contributed by atoms with Gasteiger partial charge in [0.1, 0.15) is 16.6 Å². The number of carbonyl (C=O) groups is 1. The van der Waals surface area contributed by atoms with E-state index in [9.17, 15) is 23.1 Å². The number of nitrogens with one attached hydrogen (secondary N) is 2. The Morgan fingerprint density at radius 1 is 0.976 bits per heavy atom. The number of aryl methyl sites for hydroxylation is 1. The number of ether oxygens (including phenoxy) is 1. The van der Waals surface area contributed by atoms with Crippen LogP contribution in [0.25, 0.3) is 0 Å². The Hall–Kier alpha value is -4.24. The van der Waals surface area contributed by atoms with Crippen LogP contribution in [0.2, 0.25) is 0 Å². The summed E-state index contributed by atoms with van der Waals surface area (Å²) in [5, 5.41) is 20.9. The third-order valence-electron chi connectivity index (χ3n) is 6.44. The van der Waals surface area contributed by atoms with E-state index in [2.05, 4.69) is 5.32 Å². The molecule has 41 heavy (non-hydrogen) atoms. The third kappa shape index (κ3) is 7.10. The predicted octanol–water partition coefficient (Wildman–Crippen LogP) is 8.88. The summed E-state index contributed by atoms with van der Waals surface area (Å²) in [4.78, 5) is 12.4. The monoisotopic (exact) mass is 578 g/mol. The highest BCUT2D eigenvalue weighted by molar-refractivity contribution is 8.01. The molecule has 0 radical (unpaired) electrons. The van der Waals surface area contributed by atoms with Gasteiger partial charge in [0.25, 0.3) is 0 Å². The van der Waals surface area contributed by atoms with Crippen LogP contribution in [0.15, 0.2) is 95.9 Å². The minimum absolute atomic E-state index is 0.448. The number of thioether (sulfide) groups is 1. The molecule has 4 aromatic carbocycles. The van der Waals surface area contributed by atoms with Crippen molar-refractivity contribution in [1.82, 2.24) is 0 Å². The fraction of sp³-hybridized carbons (Fsp3) is 0.188. The Morgan fingerprint density at radius 3 is 2.24 bits per heavy atom. The average molecular weight is 579 g/mol. The van der Waals surface area contributed by atoms with Crippen LogP contribution in [0.5, 0.6) is 5.75 Å². The van der Waals surface area contributed by atoms with Crippen LogP contribution in [-0.2, 0) is 11.0 Å². The summed E-state index contributed by atoms with van der Waals surface area (Å²) in [6, 6.07) is 25.1. The molecular formula is C32H29F3N2O3S. The Morgan fingerprint density at radius 2 is 1.66 bits per heavy atom. The number of hydrogen-bond acceptors (Lipinski definition) is 5. The molecule has 1 atom stereocenters. The fourth-order valence-corrected chi connectivity index (χ4v) is 5.18. The quantitative estimate of drug-likeness (QED) is 0.129. The van der Waals surface area contributed by atoms with E-state index in [4.69, 9.17) is 10.1 Å². The first-order chi connectivity index (χ1) is 19.4. The van der Waals surface area contributed by atoms with Crippen molar-refractivity contribution < 1.29 is 27.8 Å². The lowest BCUT2D eigenvalue weighted by Crippen LogP contribution is -2.27. The van der Waals surface area contributed by atoms with Crippen molar-refractivity contribution in [1.29, 1.82) is 5.41 Å². The molecule has 0 heterocycles. The normalized spacial score (nSPS) is 12.4. The predicted molar refractivity (Wildman–Crippen MR) is 157 cm³/mol. The summed E-state index contributed by atoms with van der Waals surface area (Å²) in [6.45, 7) is 5.20. The van der Waals surface area contributed by atoms with Gasteiger partial charge < -0.3 is 20.6 Å². The molecule has 0 spiro atoms. The molecule has 0 bridgehead atoms. The minimum atomic E-state index is -4.43. The van der Waals surface area contributed by atoms with E-state index in [1.165, 1.54) is 30.1 Å². The highest BCUT2D eigenvalue weighted by Gasteiger charge is 2.30. The topological polar surface area (TPSA) is 82.4 Å². The van der Waals surface area contributed by atoms with Gasteiger partial charge in [0.05, 0.1) is 5.56 Å². The number of halogens is 3. The summed E-state index contributed by atoms with van der Waals surface area (Å²) in [7, 11) is 0. The second-order valence-corrected chi connectivity index (χ2v) is 11.6. The maximum atomic E-state index is 13.0. The molecule has 3 N–H and O–H groups in total. The molecule has 4 rings (SSSR count). The van der Waals surface area contributed by atoms with Gasteiger partial charge in [-0.3, -0.25) is 4.79 Å². The smallest absolute Gasteiger partial charge is 0.416 e. The first kappa shape index (κ1) is 29.7. The van der Waals surface area contributed by atoms with E-state index in [0.717, 1.165) is 28.2 Å². The van der Waals surface area contributed by atoms with Crippen molar-refractivity contribution in [2.75, 3.05) is 5.32 Å². The number of alkyl halides is 3. The van der Waals surface area contributed by atoms with E-state index in [0.29, 0.717) is 28.3 Å². The molecule has 0 saturated carbocycles. The molecule has 212 valence electrons. The zero-order valence-corrected chi connectivity index (χ0v) is 23.4. The molecule has 1 unspecified atom stereocenters. The summed E-state index contributed by atoms with van der Waals surface area (Å²) >= 11 is 1.26. The third-order valence-corrected chi connectivity index (χ3v) is 7.80. The number of carboxylic acids is 1. The van der Waals surface area contributed by atoms with Gasteiger partial charge in [0.2, 0.25) is 0 Å². The number of benzene rings is 4. The molecule has 0 amide bonds. The lowest BCUT2D eigenvalue weighted by molar-refractivity contribution is -0.139. The SMILES string of the molecule is Cc1cc(OC(c2ccccc2)c2cccc(Nc3ccc(C(F)(F)F)cc3)c2C=N)ccc1SC(C)(C)C(=O)O. The Labute approximate surface area is 240 Å². The first-order valence-corrected chi connectivity index (χ1v) is 13.5. The van der Waals surface area contributed by atoms with Crippen molar-refractivity contribution in [2.45, 2.75) is 42.7 Å². The van der Waals surface area contributed by atoms with Gasteiger partial charge in [-0.1, -0.05) is 42.5 Å². The van der Waals surface area contributed by atoms with Gasteiger partial charge in [-0.05, 0) is 80.4 Å². The molecule has 0 aliphatic carbocycles. The molecule has 0 aliphatic heterocycles. The Kier molecular flexibility index (Phi) is 8.77. The van der Waals surface area contributed by atoms with E-state index in [1.54, 1.807) is 32.0 Å². The lowest BCUT2D eigenvalue weighted by Gasteiger charge is -2.24. The molecule has 0 aliphatic rings. The van der Waals surface area contributed by atoms with Crippen LogP contribution >= 0.6 is 11.8 Å². The van der Waals surface area contributed by atoms with Crippen molar-refractivity contribution in [2.24, 2.45) is 0 Å². The summed E-state index contributed by atoms with van der Waals surface area (Å²) in [5.74, 6) is -0.346. The van der Waals surface area contributed by atoms with Crippen LogP contribution in [-0.4, -0.2) is 22.0 Å². The van der Waals surface area contributed by atoms with Crippen molar-refractivity contribution in [3.8, 4) is 5.75 Å². The van der Waals surface area contributed by atoms with Crippen LogP contribution < -0.4 is 10.1 Å². The van der Waals surface area contributed by atoms with E-state index in [1.807, 2.05) is 55.5 Å². The number of aliphatic carboxylic acids is 1. The highest BCUT2D eigenvalue weighted by atomic mass is 32.2. The molecular weight excluding hydrogens is 549 g/mol. The Bertz CT molecular complexity index is 1540. The van der Waals surface area contributed by atoms with Gasteiger partial charge in [-0.15, -0.1) is 11.8 Å². The zero-order chi connectivity index (χ0) is 29.8. The molecule has 0 aromatic heterocycles. The molecule has 4 aromatic rings. The number of rotatable bonds is 10. The second kappa shape index (κ2) is 12.1. The number of anilines is 2. The molecule has 9 heteroatoms. The van der Waals surface area contributed by atoms with Crippen molar-refractivity contribution in [3.05, 3.63) is 119 Å². The zero-order valence-electron chi connectivity index (χ0n) is 22.6. The minimum Gasteiger partial charge on any atom is -0.481 e. The van der Waals surface area contributed by atoms with Crippen LogP contribution in [0.3, 0.4) is 0 Å². The molecule has 0 saturated heterocycles. The van der Waals surface area contributed by atoms with Gasteiger partial charge in [-0.2, -0.15) is 13.2 Å². The van der Waals surface area contributed by atoms with Gasteiger partial charge in [0.15, 0.2) is 0 Å². The second-order valence-electron chi connectivity index (χ2n) is 9.91. The van der Waals surface area contributed by atoms with Crippen LogP contribution in [0.1, 0.15) is 47.8 Å². The summed E-state index contributed by atoms with van der Waals surface area (Å²) in [5.41, 5.74) is 3.15. The first-order valence-electron chi connectivity index (χ1n) is 12.7. The summed E-state index contributed by atoms with van der Waals surface area (Å²) in [6.07, 6.45) is -3.85. The largest absolute Gasteiger partial charge is 0.481 e. The lowest BCUT2D eigenvalue weighted by atomic mass is 9.95. The van der Waals surface area contributed by atoms with E-state index in [-0.39, 0.29) is 0 Å². The standard InChI is InChI=1S/C32H29F3N2O3S/c1-20-18-24(16-17-28(20)41-31(2,3)30(38)39)40-29(21-8-5-4-6-9-21)25-10-7-11-27(26(25)19-36)37-23-14-12-22(13-15-23)32(33,34)35/h4-19,29,36-37H,1-3H3,(H,38,39). The maximum Gasteiger partial charge on any atom is 0.416 e. The Balaban J connectivity index is 1.69. The van der Waals surface area contributed by atoms with Crippen LogP contribution in [0.4, 0.5) is 24.5 Å². The molecule has 0 fully saturated rings. The van der Waals surface area contributed by atoms with Crippen molar-refractivity contribution >= 4 is 35.3 Å². The van der Waals surface area contributed by atoms with E-state index < -0.39 is 28.6 Å². The average Bonchev–Trinajstić information content (AvgIpc) is 2.93. The van der Waals surface area contributed by atoms with E-state index >= 15 is 0 Å². The number of carboxylic acid groups (broad SMARTS) is 1. The van der Waals surface area contributed by atoms with Gasteiger partial charge >= 0.3 is 12.1 Å². The molecule has 5 nitrogen and oxygen atoms in total. The van der Waals surface area contributed by atoms with Gasteiger partial charge in [-0.25, -0.2) is 0 Å². The van der Waals surface area contributed by atoms with Gasteiger partial charge in [0, 0.05) is 33.6 Å².